The summed E-state index contributed by atoms with van der Waals surface area (Å²) in [7, 11) is 0. The molecule has 3 unspecified atom stereocenters. The number of ether oxygens (including phenoxy) is 1. The van der Waals surface area contributed by atoms with Gasteiger partial charge in [0.2, 0.25) is 0 Å². The van der Waals surface area contributed by atoms with E-state index in [0.29, 0.717) is 12.0 Å². The SMILES string of the molecule is CC1CCCN(CC(N)C2CCOC2)CC1. The predicted octanol–water partition coefficient (Wildman–Crippen LogP) is 1.47. The maximum atomic E-state index is 6.27. The average molecular weight is 226 g/mol. The van der Waals surface area contributed by atoms with Gasteiger partial charge in [0.05, 0.1) is 6.61 Å². The van der Waals surface area contributed by atoms with E-state index >= 15 is 0 Å². The van der Waals surface area contributed by atoms with Crippen LogP contribution >= 0.6 is 0 Å². The van der Waals surface area contributed by atoms with E-state index in [-0.39, 0.29) is 0 Å². The smallest absolute Gasteiger partial charge is 0.0510 e. The first-order chi connectivity index (χ1) is 7.75. The van der Waals surface area contributed by atoms with Crippen LogP contribution in [0.2, 0.25) is 0 Å². The van der Waals surface area contributed by atoms with Crippen molar-refractivity contribution in [2.75, 3.05) is 32.8 Å². The summed E-state index contributed by atoms with van der Waals surface area (Å²) in [5.74, 6) is 1.50. The standard InChI is InChI=1S/C13H26N2O/c1-11-3-2-6-15(7-4-11)9-13(14)12-5-8-16-10-12/h11-13H,2-10,14H2,1H3. The molecule has 2 fully saturated rings. The molecule has 0 saturated carbocycles. The molecule has 0 radical (unpaired) electrons. The average Bonchev–Trinajstić information content (AvgIpc) is 2.72. The highest BCUT2D eigenvalue weighted by atomic mass is 16.5. The topological polar surface area (TPSA) is 38.5 Å². The van der Waals surface area contributed by atoms with Gasteiger partial charge in [0.15, 0.2) is 0 Å². The molecule has 2 rings (SSSR count). The lowest BCUT2D eigenvalue weighted by Gasteiger charge is -2.26. The fraction of sp³-hybridized carbons (Fsp3) is 1.00. The Morgan fingerprint density at radius 3 is 2.94 bits per heavy atom. The molecule has 0 spiro atoms. The lowest BCUT2D eigenvalue weighted by atomic mass is 9.99. The molecule has 2 saturated heterocycles. The second-order valence-electron chi connectivity index (χ2n) is 5.62. The van der Waals surface area contributed by atoms with Crippen molar-refractivity contribution in [3.8, 4) is 0 Å². The molecule has 2 aliphatic rings. The molecular weight excluding hydrogens is 200 g/mol. The first kappa shape index (κ1) is 12.3. The van der Waals surface area contributed by atoms with Gasteiger partial charge in [0, 0.05) is 25.1 Å². The van der Waals surface area contributed by atoms with Gasteiger partial charge >= 0.3 is 0 Å². The highest BCUT2D eigenvalue weighted by Gasteiger charge is 2.25. The normalized spacial score (nSPS) is 34.9. The lowest BCUT2D eigenvalue weighted by molar-refractivity contribution is 0.170. The minimum absolute atomic E-state index is 0.316. The number of rotatable bonds is 3. The molecule has 0 amide bonds. The van der Waals surface area contributed by atoms with Crippen molar-refractivity contribution < 1.29 is 4.74 Å². The monoisotopic (exact) mass is 226 g/mol. The van der Waals surface area contributed by atoms with Gasteiger partial charge < -0.3 is 15.4 Å². The Balaban J connectivity index is 1.74. The van der Waals surface area contributed by atoms with Crippen molar-refractivity contribution in [2.24, 2.45) is 17.6 Å². The van der Waals surface area contributed by atoms with E-state index in [1.165, 1.54) is 32.4 Å². The first-order valence-electron chi connectivity index (χ1n) is 6.81. The Morgan fingerprint density at radius 2 is 2.19 bits per heavy atom. The minimum Gasteiger partial charge on any atom is -0.381 e. The van der Waals surface area contributed by atoms with Gasteiger partial charge in [-0.05, 0) is 44.7 Å². The van der Waals surface area contributed by atoms with Gasteiger partial charge in [-0.15, -0.1) is 0 Å². The lowest BCUT2D eigenvalue weighted by Crippen LogP contribution is -2.43. The van der Waals surface area contributed by atoms with Crippen LogP contribution in [-0.4, -0.2) is 43.8 Å². The molecule has 0 aromatic carbocycles. The summed E-state index contributed by atoms with van der Waals surface area (Å²) < 4.78 is 5.41. The first-order valence-corrected chi connectivity index (χ1v) is 6.81. The van der Waals surface area contributed by atoms with Gasteiger partial charge in [0.1, 0.15) is 0 Å². The van der Waals surface area contributed by atoms with Crippen LogP contribution in [0.25, 0.3) is 0 Å². The van der Waals surface area contributed by atoms with Crippen LogP contribution in [-0.2, 0) is 4.74 Å². The maximum absolute atomic E-state index is 6.27. The van der Waals surface area contributed by atoms with Crippen molar-refractivity contribution in [2.45, 2.75) is 38.6 Å². The van der Waals surface area contributed by atoms with Gasteiger partial charge in [-0.3, -0.25) is 0 Å². The molecule has 0 bridgehead atoms. The van der Waals surface area contributed by atoms with Gasteiger partial charge in [-0.2, -0.15) is 0 Å². The summed E-state index contributed by atoms with van der Waals surface area (Å²) in [6, 6.07) is 0.316. The fourth-order valence-electron chi connectivity index (χ4n) is 2.84. The molecule has 94 valence electrons. The highest BCUT2D eigenvalue weighted by molar-refractivity contribution is 4.80. The molecule has 0 aromatic rings. The van der Waals surface area contributed by atoms with Gasteiger partial charge in [-0.1, -0.05) is 6.92 Å². The third kappa shape index (κ3) is 3.44. The van der Waals surface area contributed by atoms with Crippen molar-refractivity contribution in [1.29, 1.82) is 0 Å². The van der Waals surface area contributed by atoms with Crippen molar-refractivity contribution >= 4 is 0 Å². The predicted molar refractivity (Wildman–Crippen MR) is 66.4 cm³/mol. The molecule has 2 heterocycles. The molecule has 3 atom stereocenters. The Hall–Kier alpha value is -0.120. The molecular formula is C13H26N2O. The Labute approximate surface area is 99.3 Å². The number of likely N-dealkylation sites (tertiary alicyclic amines) is 1. The zero-order valence-electron chi connectivity index (χ0n) is 10.5. The molecule has 2 aliphatic heterocycles. The number of nitrogens with zero attached hydrogens (tertiary/aromatic N) is 1. The molecule has 0 aromatic heterocycles. The van der Waals surface area contributed by atoms with E-state index < -0.39 is 0 Å². The Morgan fingerprint density at radius 1 is 1.31 bits per heavy atom. The number of hydrogen-bond acceptors (Lipinski definition) is 3. The van der Waals surface area contributed by atoms with E-state index in [1.54, 1.807) is 0 Å². The fourth-order valence-corrected chi connectivity index (χ4v) is 2.84. The molecule has 3 nitrogen and oxygen atoms in total. The zero-order chi connectivity index (χ0) is 11.4. The summed E-state index contributed by atoms with van der Waals surface area (Å²) in [5.41, 5.74) is 6.27. The van der Waals surface area contributed by atoms with E-state index in [0.717, 1.165) is 32.1 Å². The maximum Gasteiger partial charge on any atom is 0.0510 e. The quantitative estimate of drug-likeness (QED) is 0.792. The Bertz CT molecular complexity index is 204. The van der Waals surface area contributed by atoms with E-state index in [2.05, 4.69) is 11.8 Å². The van der Waals surface area contributed by atoms with Crippen LogP contribution in [0, 0.1) is 11.8 Å². The summed E-state index contributed by atoms with van der Waals surface area (Å²) in [6.07, 6.45) is 5.23. The number of hydrogen-bond donors (Lipinski definition) is 1. The molecule has 0 aliphatic carbocycles. The van der Waals surface area contributed by atoms with Gasteiger partial charge in [0.25, 0.3) is 0 Å². The van der Waals surface area contributed by atoms with Crippen LogP contribution in [0.5, 0.6) is 0 Å². The summed E-state index contributed by atoms with van der Waals surface area (Å²) >= 11 is 0. The third-order valence-corrected chi connectivity index (χ3v) is 4.15. The molecule has 3 heteroatoms. The summed E-state index contributed by atoms with van der Waals surface area (Å²) in [5, 5.41) is 0. The molecule has 16 heavy (non-hydrogen) atoms. The Kier molecular flexibility index (Phi) is 4.62. The van der Waals surface area contributed by atoms with Crippen LogP contribution in [0.3, 0.4) is 0 Å². The largest absolute Gasteiger partial charge is 0.381 e. The van der Waals surface area contributed by atoms with Crippen LogP contribution in [0.1, 0.15) is 32.6 Å². The van der Waals surface area contributed by atoms with E-state index in [9.17, 15) is 0 Å². The summed E-state index contributed by atoms with van der Waals surface area (Å²) in [6.45, 7) is 7.71. The van der Waals surface area contributed by atoms with Crippen molar-refractivity contribution in [1.82, 2.24) is 4.90 Å². The highest BCUT2D eigenvalue weighted by Crippen LogP contribution is 2.19. The van der Waals surface area contributed by atoms with Gasteiger partial charge in [-0.25, -0.2) is 0 Å². The third-order valence-electron chi connectivity index (χ3n) is 4.15. The second kappa shape index (κ2) is 5.99. The van der Waals surface area contributed by atoms with Crippen LogP contribution < -0.4 is 5.73 Å². The van der Waals surface area contributed by atoms with E-state index in [1.807, 2.05) is 0 Å². The second-order valence-corrected chi connectivity index (χ2v) is 5.62. The van der Waals surface area contributed by atoms with E-state index in [4.69, 9.17) is 10.5 Å². The number of nitrogens with two attached hydrogens (primary N) is 1. The summed E-state index contributed by atoms with van der Waals surface area (Å²) in [4.78, 5) is 2.56. The zero-order valence-corrected chi connectivity index (χ0v) is 10.5. The minimum atomic E-state index is 0.316. The van der Waals surface area contributed by atoms with Crippen LogP contribution in [0.15, 0.2) is 0 Å². The molecule has 2 N–H and O–H groups in total. The van der Waals surface area contributed by atoms with Crippen molar-refractivity contribution in [3.05, 3.63) is 0 Å². The van der Waals surface area contributed by atoms with Crippen LogP contribution in [0.4, 0.5) is 0 Å². The van der Waals surface area contributed by atoms with Crippen molar-refractivity contribution in [3.63, 3.8) is 0 Å².